The van der Waals surface area contributed by atoms with Crippen LogP contribution in [0.25, 0.3) is 0 Å². The van der Waals surface area contributed by atoms with Crippen LogP contribution in [0.15, 0.2) is 42.5 Å². The fraction of sp³-hybridized carbons (Fsp3) is 0.286. The molecule has 0 saturated carbocycles. The molecule has 0 aromatic heterocycles. The lowest BCUT2D eigenvalue weighted by Gasteiger charge is -2.18. The first kappa shape index (κ1) is 19.4. The molecule has 146 valence electrons. The standard InChI is InChI=1S/C21H22N2O5/c1-13(24)22-16-5-7-17(8-6-16)23-12-15(11-20(23)25)14-4-9-18(21(26)28-3)19(10-14)27-2/h4-10,15H,11-12H2,1-3H3,(H,22,24). The van der Waals surface area contributed by atoms with Gasteiger partial charge in [0, 0.05) is 37.2 Å². The van der Waals surface area contributed by atoms with Gasteiger partial charge in [-0.1, -0.05) is 6.07 Å². The van der Waals surface area contributed by atoms with Gasteiger partial charge < -0.3 is 19.7 Å². The number of benzene rings is 2. The number of hydrogen-bond donors (Lipinski definition) is 1. The molecule has 1 aliphatic heterocycles. The van der Waals surface area contributed by atoms with Crippen molar-refractivity contribution in [2.75, 3.05) is 31.0 Å². The van der Waals surface area contributed by atoms with Crippen LogP contribution in [-0.4, -0.2) is 38.5 Å². The van der Waals surface area contributed by atoms with E-state index >= 15 is 0 Å². The van der Waals surface area contributed by atoms with Gasteiger partial charge >= 0.3 is 5.97 Å². The van der Waals surface area contributed by atoms with Crippen molar-refractivity contribution in [3.05, 3.63) is 53.6 Å². The molecule has 28 heavy (non-hydrogen) atoms. The van der Waals surface area contributed by atoms with E-state index in [0.29, 0.717) is 30.0 Å². The van der Waals surface area contributed by atoms with Crippen molar-refractivity contribution in [3.63, 3.8) is 0 Å². The maximum atomic E-state index is 12.5. The first-order chi connectivity index (χ1) is 13.4. The summed E-state index contributed by atoms with van der Waals surface area (Å²) in [6.07, 6.45) is 0.369. The minimum absolute atomic E-state index is 0.0110. The molecular formula is C21H22N2O5. The van der Waals surface area contributed by atoms with Crippen LogP contribution in [0.3, 0.4) is 0 Å². The average molecular weight is 382 g/mol. The minimum atomic E-state index is -0.466. The lowest BCUT2D eigenvalue weighted by atomic mass is 9.96. The van der Waals surface area contributed by atoms with Crippen molar-refractivity contribution >= 4 is 29.2 Å². The third-order valence-electron chi connectivity index (χ3n) is 4.73. The van der Waals surface area contributed by atoms with Gasteiger partial charge in [0.05, 0.1) is 14.2 Å². The van der Waals surface area contributed by atoms with Crippen LogP contribution < -0.4 is 15.0 Å². The van der Waals surface area contributed by atoms with Gasteiger partial charge in [-0.15, -0.1) is 0 Å². The molecule has 1 atom stereocenters. The number of esters is 1. The second-order valence-electron chi connectivity index (χ2n) is 6.58. The Bertz CT molecular complexity index is 908. The summed E-state index contributed by atoms with van der Waals surface area (Å²) in [5, 5.41) is 2.71. The van der Waals surface area contributed by atoms with Crippen molar-refractivity contribution in [2.24, 2.45) is 0 Å². The van der Waals surface area contributed by atoms with Crippen LogP contribution in [0.1, 0.15) is 35.2 Å². The molecule has 7 heteroatoms. The van der Waals surface area contributed by atoms with E-state index in [1.165, 1.54) is 21.1 Å². The Morgan fingerprint density at radius 1 is 1.11 bits per heavy atom. The summed E-state index contributed by atoms with van der Waals surface area (Å²) in [7, 11) is 2.81. The third-order valence-corrected chi connectivity index (χ3v) is 4.73. The number of ether oxygens (including phenoxy) is 2. The number of amides is 2. The van der Waals surface area contributed by atoms with Gasteiger partial charge in [-0.2, -0.15) is 0 Å². The Labute approximate surface area is 163 Å². The van der Waals surface area contributed by atoms with Crippen LogP contribution in [0, 0.1) is 0 Å². The highest BCUT2D eigenvalue weighted by Crippen LogP contribution is 2.34. The molecule has 1 unspecified atom stereocenters. The largest absolute Gasteiger partial charge is 0.496 e. The number of methoxy groups -OCH3 is 2. The number of nitrogens with one attached hydrogen (secondary N) is 1. The number of carbonyl (C=O) groups excluding carboxylic acids is 3. The third kappa shape index (κ3) is 3.98. The SMILES string of the molecule is COC(=O)c1ccc(C2CC(=O)N(c3ccc(NC(C)=O)cc3)C2)cc1OC. The number of nitrogens with zero attached hydrogens (tertiary/aromatic N) is 1. The second-order valence-corrected chi connectivity index (χ2v) is 6.58. The zero-order valence-corrected chi connectivity index (χ0v) is 16.0. The van der Waals surface area contributed by atoms with Crippen LogP contribution >= 0.6 is 0 Å². The van der Waals surface area contributed by atoms with Crippen LogP contribution in [0.5, 0.6) is 5.75 Å². The highest BCUT2D eigenvalue weighted by molar-refractivity contribution is 5.97. The maximum Gasteiger partial charge on any atom is 0.341 e. The zero-order valence-electron chi connectivity index (χ0n) is 16.0. The Morgan fingerprint density at radius 2 is 1.82 bits per heavy atom. The summed E-state index contributed by atoms with van der Waals surface area (Å²) in [5.74, 6) is -0.174. The van der Waals surface area contributed by atoms with Gasteiger partial charge in [0.25, 0.3) is 0 Å². The van der Waals surface area contributed by atoms with E-state index in [-0.39, 0.29) is 17.7 Å². The fourth-order valence-corrected chi connectivity index (χ4v) is 3.35. The summed E-state index contributed by atoms with van der Waals surface area (Å²) in [6.45, 7) is 1.97. The monoisotopic (exact) mass is 382 g/mol. The molecule has 0 bridgehead atoms. The lowest BCUT2D eigenvalue weighted by Crippen LogP contribution is -2.24. The lowest BCUT2D eigenvalue weighted by molar-refractivity contribution is -0.117. The Balaban J connectivity index is 1.79. The number of hydrogen-bond acceptors (Lipinski definition) is 5. The summed E-state index contributed by atoms with van der Waals surface area (Å²) < 4.78 is 10.1. The summed E-state index contributed by atoms with van der Waals surface area (Å²) in [5.41, 5.74) is 2.74. The van der Waals surface area contributed by atoms with Crippen LogP contribution in [0.4, 0.5) is 11.4 Å². The summed E-state index contributed by atoms with van der Waals surface area (Å²) in [4.78, 5) is 37.2. The molecule has 0 aliphatic carbocycles. The number of anilines is 2. The van der Waals surface area contributed by atoms with Crippen molar-refractivity contribution in [1.82, 2.24) is 0 Å². The highest BCUT2D eigenvalue weighted by atomic mass is 16.5. The van der Waals surface area contributed by atoms with Gasteiger partial charge in [-0.25, -0.2) is 4.79 Å². The zero-order chi connectivity index (χ0) is 20.3. The van der Waals surface area contributed by atoms with E-state index in [1.54, 1.807) is 29.2 Å². The smallest absolute Gasteiger partial charge is 0.341 e. The molecular weight excluding hydrogens is 360 g/mol. The van der Waals surface area contributed by atoms with Crippen LogP contribution in [-0.2, 0) is 14.3 Å². The normalized spacial score (nSPS) is 16.0. The molecule has 2 aromatic rings. The molecule has 1 fully saturated rings. The van der Waals surface area contributed by atoms with Gasteiger partial charge in [-0.3, -0.25) is 9.59 Å². The van der Waals surface area contributed by atoms with Crippen molar-refractivity contribution in [3.8, 4) is 5.75 Å². The summed E-state index contributed by atoms with van der Waals surface area (Å²) in [6, 6.07) is 12.4. The van der Waals surface area contributed by atoms with Crippen molar-refractivity contribution < 1.29 is 23.9 Å². The predicted octanol–water partition coefficient (Wildman–Crippen LogP) is 2.96. The van der Waals surface area contributed by atoms with E-state index in [9.17, 15) is 14.4 Å². The Kier molecular flexibility index (Phi) is 5.63. The number of rotatable bonds is 5. The van der Waals surface area contributed by atoms with E-state index in [4.69, 9.17) is 9.47 Å². The van der Waals surface area contributed by atoms with E-state index < -0.39 is 5.97 Å². The summed E-state index contributed by atoms with van der Waals surface area (Å²) >= 11 is 0. The molecule has 1 N–H and O–H groups in total. The fourth-order valence-electron chi connectivity index (χ4n) is 3.35. The molecule has 0 radical (unpaired) electrons. The van der Waals surface area contributed by atoms with E-state index in [0.717, 1.165) is 11.3 Å². The minimum Gasteiger partial charge on any atom is -0.496 e. The molecule has 7 nitrogen and oxygen atoms in total. The molecule has 1 heterocycles. The van der Waals surface area contributed by atoms with E-state index in [1.807, 2.05) is 18.2 Å². The van der Waals surface area contributed by atoms with Gasteiger partial charge in [0.2, 0.25) is 11.8 Å². The Hall–Kier alpha value is -3.35. The first-order valence-corrected chi connectivity index (χ1v) is 8.87. The number of carbonyl (C=O) groups is 3. The molecule has 0 spiro atoms. The van der Waals surface area contributed by atoms with Crippen LogP contribution in [0.2, 0.25) is 0 Å². The van der Waals surface area contributed by atoms with Gasteiger partial charge in [-0.05, 0) is 42.0 Å². The average Bonchev–Trinajstić information content (AvgIpc) is 3.08. The molecule has 2 amide bonds. The van der Waals surface area contributed by atoms with E-state index in [2.05, 4.69) is 5.32 Å². The second kappa shape index (κ2) is 8.12. The molecule has 1 saturated heterocycles. The van der Waals surface area contributed by atoms with Gasteiger partial charge in [0.1, 0.15) is 11.3 Å². The predicted molar refractivity (Wildman–Crippen MR) is 105 cm³/mol. The molecule has 1 aliphatic rings. The molecule has 2 aromatic carbocycles. The van der Waals surface area contributed by atoms with Crippen molar-refractivity contribution in [1.29, 1.82) is 0 Å². The molecule has 3 rings (SSSR count). The Morgan fingerprint density at radius 3 is 2.43 bits per heavy atom. The highest BCUT2D eigenvalue weighted by Gasteiger charge is 2.32. The first-order valence-electron chi connectivity index (χ1n) is 8.87. The maximum absolute atomic E-state index is 12.5. The van der Waals surface area contributed by atoms with Crippen molar-refractivity contribution in [2.45, 2.75) is 19.3 Å². The quantitative estimate of drug-likeness (QED) is 0.804. The topological polar surface area (TPSA) is 84.9 Å². The van der Waals surface area contributed by atoms with Gasteiger partial charge in [0.15, 0.2) is 0 Å².